The largest absolute Gasteiger partial charge is 0.462 e. The van der Waals surface area contributed by atoms with Gasteiger partial charge in [-0.3, -0.25) is 18.8 Å². The average molecular weight is 444 g/mol. The van der Waals surface area contributed by atoms with Gasteiger partial charge in [-0.15, -0.1) is 11.3 Å². The van der Waals surface area contributed by atoms with Crippen molar-refractivity contribution in [1.82, 2.24) is 19.3 Å². The number of carbonyl (C=O) groups is 2. The maximum absolute atomic E-state index is 13.4. The number of esters is 1. The minimum absolute atomic E-state index is 0.167. The molecule has 0 spiro atoms. The van der Waals surface area contributed by atoms with Crippen LogP contribution < -0.4 is 10.9 Å². The first kappa shape index (κ1) is 21.2. The van der Waals surface area contributed by atoms with Crippen molar-refractivity contribution < 1.29 is 14.3 Å². The molecule has 4 rings (SSSR count). The van der Waals surface area contributed by atoms with Crippen LogP contribution in [-0.2, 0) is 29.4 Å². The molecule has 164 valence electrons. The molecule has 0 aliphatic heterocycles. The molecule has 1 aliphatic rings. The van der Waals surface area contributed by atoms with Crippen LogP contribution in [-0.4, -0.2) is 37.8 Å². The molecule has 0 saturated carbocycles. The number of amides is 1. The second-order valence-corrected chi connectivity index (χ2v) is 8.60. The molecular weight excluding hydrogens is 418 g/mol. The Morgan fingerprint density at radius 1 is 1.29 bits per heavy atom. The van der Waals surface area contributed by atoms with Crippen molar-refractivity contribution in [2.45, 2.75) is 52.0 Å². The topological polar surface area (TPSA) is 108 Å². The first-order chi connectivity index (χ1) is 15.0. The third-order valence-corrected chi connectivity index (χ3v) is 6.80. The summed E-state index contributed by atoms with van der Waals surface area (Å²) in [6.07, 6.45) is 7.23. The molecule has 31 heavy (non-hydrogen) atoms. The lowest BCUT2D eigenvalue weighted by Crippen LogP contribution is -2.34. The van der Waals surface area contributed by atoms with Gasteiger partial charge in [-0.2, -0.15) is 5.10 Å². The minimum atomic E-state index is -0.770. The number of ether oxygens (including phenoxy) is 1. The number of hydrogen-bond donors (Lipinski definition) is 1. The predicted molar refractivity (Wildman–Crippen MR) is 118 cm³/mol. The molecule has 10 heteroatoms. The van der Waals surface area contributed by atoms with E-state index in [-0.39, 0.29) is 23.5 Å². The molecule has 0 bridgehead atoms. The smallest absolute Gasteiger partial charge is 0.343 e. The van der Waals surface area contributed by atoms with E-state index in [9.17, 15) is 14.4 Å². The van der Waals surface area contributed by atoms with Crippen molar-refractivity contribution >= 4 is 39.2 Å². The summed E-state index contributed by atoms with van der Waals surface area (Å²) in [4.78, 5) is 45.2. The van der Waals surface area contributed by atoms with Gasteiger partial charge in [0.2, 0.25) is 5.91 Å². The van der Waals surface area contributed by atoms with Crippen LogP contribution in [0.5, 0.6) is 0 Å². The Morgan fingerprint density at radius 2 is 2.06 bits per heavy atom. The van der Waals surface area contributed by atoms with E-state index in [0.29, 0.717) is 11.8 Å². The van der Waals surface area contributed by atoms with Gasteiger partial charge in [-0.05, 0) is 44.6 Å². The molecule has 9 nitrogen and oxygen atoms in total. The standard InChI is InChI=1S/C21H25N5O4S/c1-4-14(18(27)24-17-13(10-23-25(17)3)21(29)30-5-2)26-11-22-19-16(20(26)28)12-8-6-7-9-15(12)31-19/h10-11,14H,4-9H2,1-3H3,(H,24,27). The average Bonchev–Trinajstić information content (AvgIpc) is 3.31. The Hall–Kier alpha value is -3.01. The summed E-state index contributed by atoms with van der Waals surface area (Å²) in [5.74, 6) is -0.745. The van der Waals surface area contributed by atoms with Crippen LogP contribution in [0.15, 0.2) is 17.3 Å². The van der Waals surface area contributed by atoms with Gasteiger partial charge >= 0.3 is 5.97 Å². The predicted octanol–water partition coefficient (Wildman–Crippen LogP) is 2.84. The normalized spacial score (nSPS) is 14.3. The van der Waals surface area contributed by atoms with Crippen molar-refractivity contribution in [2.75, 3.05) is 11.9 Å². The highest BCUT2D eigenvalue weighted by molar-refractivity contribution is 7.18. The third-order valence-electron chi connectivity index (χ3n) is 5.60. The summed E-state index contributed by atoms with van der Waals surface area (Å²) < 4.78 is 7.84. The van der Waals surface area contributed by atoms with Gasteiger partial charge in [-0.1, -0.05) is 6.92 Å². The van der Waals surface area contributed by atoms with Crippen LogP contribution in [0.2, 0.25) is 0 Å². The van der Waals surface area contributed by atoms with E-state index in [0.717, 1.165) is 36.1 Å². The van der Waals surface area contributed by atoms with E-state index >= 15 is 0 Å². The number of nitrogens with one attached hydrogen (secondary N) is 1. The fraction of sp³-hybridized carbons (Fsp3) is 0.476. The number of carbonyl (C=O) groups excluding carboxylic acids is 2. The summed E-state index contributed by atoms with van der Waals surface area (Å²) >= 11 is 1.58. The number of fused-ring (bicyclic) bond motifs is 3. The highest BCUT2D eigenvalue weighted by atomic mass is 32.1. The third kappa shape index (κ3) is 3.76. The lowest BCUT2D eigenvalue weighted by atomic mass is 9.97. The number of thiophene rings is 1. The van der Waals surface area contributed by atoms with Crippen molar-refractivity contribution in [2.24, 2.45) is 7.05 Å². The van der Waals surface area contributed by atoms with E-state index in [1.54, 1.807) is 25.3 Å². The van der Waals surface area contributed by atoms with Crippen LogP contribution in [0.3, 0.4) is 0 Å². The monoisotopic (exact) mass is 443 g/mol. The van der Waals surface area contributed by atoms with Crippen LogP contribution >= 0.6 is 11.3 Å². The SMILES string of the molecule is CCOC(=O)c1cnn(C)c1NC(=O)C(CC)n1cnc2sc3c(c2c1=O)CCCC3. The summed E-state index contributed by atoms with van der Waals surface area (Å²) in [6.45, 7) is 3.75. The number of hydrogen-bond acceptors (Lipinski definition) is 7. The van der Waals surface area contributed by atoms with E-state index in [2.05, 4.69) is 15.4 Å². The van der Waals surface area contributed by atoms with Gasteiger partial charge in [0.1, 0.15) is 22.3 Å². The molecule has 1 unspecified atom stereocenters. The van der Waals surface area contributed by atoms with E-state index < -0.39 is 17.9 Å². The van der Waals surface area contributed by atoms with Gasteiger partial charge in [0.05, 0.1) is 24.5 Å². The Morgan fingerprint density at radius 3 is 2.81 bits per heavy atom. The number of aromatic nitrogens is 4. The Bertz CT molecular complexity index is 1210. The van der Waals surface area contributed by atoms with E-state index in [4.69, 9.17) is 4.74 Å². The van der Waals surface area contributed by atoms with Crippen molar-refractivity contribution in [3.63, 3.8) is 0 Å². The molecule has 0 saturated heterocycles. The first-order valence-electron chi connectivity index (χ1n) is 10.5. The first-order valence-corrected chi connectivity index (χ1v) is 11.3. The quantitative estimate of drug-likeness (QED) is 0.587. The number of nitrogens with zero attached hydrogens (tertiary/aromatic N) is 4. The summed E-state index contributed by atoms with van der Waals surface area (Å²) in [6, 6.07) is -0.770. The Labute approximate surface area is 183 Å². The van der Waals surface area contributed by atoms with Crippen molar-refractivity contribution in [1.29, 1.82) is 0 Å². The summed E-state index contributed by atoms with van der Waals surface area (Å²) in [5.41, 5.74) is 1.06. The zero-order valence-electron chi connectivity index (χ0n) is 17.8. The zero-order valence-corrected chi connectivity index (χ0v) is 18.6. The second-order valence-electron chi connectivity index (χ2n) is 7.51. The number of rotatable bonds is 6. The van der Waals surface area contributed by atoms with Crippen LogP contribution in [0.25, 0.3) is 10.2 Å². The van der Waals surface area contributed by atoms with Crippen LogP contribution in [0, 0.1) is 0 Å². The van der Waals surface area contributed by atoms with Gasteiger partial charge in [0.15, 0.2) is 0 Å². The van der Waals surface area contributed by atoms with E-state index in [1.165, 1.54) is 26.7 Å². The van der Waals surface area contributed by atoms with Gasteiger partial charge < -0.3 is 10.1 Å². The maximum atomic E-state index is 13.4. The lowest BCUT2D eigenvalue weighted by molar-refractivity contribution is -0.119. The van der Waals surface area contributed by atoms with Crippen LogP contribution in [0.1, 0.15) is 60.0 Å². The van der Waals surface area contributed by atoms with Gasteiger partial charge in [0.25, 0.3) is 5.56 Å². The fourth-order valence-corrected chi connectivity index (χ4v) is 5.25. The fourth-order valence-electron chi connectivity index (χ4n) is 4.03. The van der Waals surface area contributed by atoms with Crippen molar-refractivity contribution in [3.8, 4) is 0 Å². The lowest BCUT2D eigenvalue weighted by Gasteiger charge is -2.18. The minimum Gasteiger partial charge on any atom is -0.462 e. The molecule has 1 atom stereocenters. The second kappa shape index (κ2) is 8.62. The number of aryl methyl sites for hydroxylation is 3. The Kier molecular flexibility index (Phi) is 5.90. The van der Waals surface area contributed by atoms with E-state index in [1.807, 2.05) is 6.92 Å². The molecular formula is C21H25N5O4S. The molecule has 1 amide bonds. The van der Waals surface area contributed by atoms with Crippen molar-refractivity contribution in [3.05, 3.63) is 38.9 Å². The zero-order chi connectivity index (χ0) is 22.1. The molecule has 1 N–H and O–H groups in total. The van der Waals surface area contributed by atoms with Gasteiger partial charge in [-0.25, -0.2) is 9.78 Å². The van der Waals surface area contributed by atoms with Crippen LogP contribution in [0.4, 0.5) is 5.82 Å². The Balaban J connectivity index is 1.69. The molecule has 3 heterocycles. The maximum Gasteiger partial charge on any atom is 0.343 e. The van der Waals surface area contributed by atoms with Gasteiger partial charge in [0, 0.05) is 11.9 Å². The molecule has 1 aliphatic carbocycles. The molecule has 0 radical (unpaired) electrons. The highest BCUT2D eigenvalue weighted by Gasteiger charge is 2.27. The highest BCUT2D eigenvalue weighted by Crippen LogP contribution is 2.33. The molecule has 0 aromatic carbocycles. The molecule has 3 aromatic heterocycles. The molecule has 3 aromatic rings. The molecule has 0 fully saturated rings. The summed E-state index contributed by atoms with van der Waals surface area (Å²) in [7, 11) is 1.62. The summed E-state index contributed by atoms with van der Waals surface area (Å²) in [5, 5.41) is 7.45. The number of anilines is 1.